The highest BCUT2D eigenvalue weighted by Gasteiger charge is 2.33. The molecule has 202 valence electrons. The highest BCUT2D eigenvalue weighted by atomic mass is 16.4. The fraction of sp³-hybridized carbons (Fsp3) is 0.762. The van der Waals surface area contributed by atoms with Gasteiger partial charge in [-0.1, -0.05) is 20.3 Å². The topological polar surface area (TPSA) is 261 Å². The van der Waals surface area contributed by atoms with Crippen LogP contribution >= 0.6 is 0 Å². The van der Waals surface area contributed by atoms with E-state index in [4.69, 9.17) is 22.9 Å². The average Bonchev–Trinajstić information content (AvgIpc) is 2.76. The van der Waals surface area contributed by atoms with E-state index in [-0.39, 0.29) is 18.9 Å². The lowest BCUT2D eigenvalue weighted by molar-refractivity contribution is -0.144. The van der Waals surface area contributed by atoms with Gasteiger partial charge in [0.05, 0.1) is 12.1 Å². The number of rotatable bonds is 17. The first-order valence-electron chi connectivity index (χ1n) is 11.6. The maximum atomic E-state index is 13.0. The van der Waals surface area contributed by atoms with Crippen molar-refractivity contribution < 1.29 is 29.4 Å². The summed E-state index contributed by atoms with van der Waals surface area (Å²) < 4.78 is 0. The minimum atomic E-state index is -1.46. The molecule has 0 spiro atoms. The molecule has 0 aliphatic rings. The number of carbonyl (C=O) groups is 4. The van der Waals surface area contributed by atoms with Crippen LogP contribution in [0.4, 0.5) is 0 Å². The second-order valence-electron chi connectivity index (χ2n) is 8.70. The summed E-state index contributed by atoms with van der Waals surface area (Å²) in [5.74, 6) is -4.01. The Balaban J connectivity index is 5.47. The quantitative estimate of drug-likeness (QED) is 0.0555. The van der Waals surface area contributed by atoms with E-state index in [0.717, 1.165) is 0 Å². The van der Waals surface area contributed by atoms with Gasteiger partial charge >= 0.3 is 5.97 Å². The van der Waals surface area contributed by atoms with Crippen LogP contribution in [0.1, 0.15) is 52.9 Å². The zero-order valence-corrected chi connectivity index (χ0v) is 20.7. The van der Waals surface area contributed by atoms with Gasteiger partial charge in [0.1, 0.15) is 18.1 Å². The SMILES string of the molecule is CC(C)C(NC(=O)C(NC(=O)C(CCCN=C(N)N)NC(=O)C(N)CCCCN)C(C)O)C(=O)O. The van der Waals surface area contributed by atoms with E-state index < -0.39 is 59.9 Å². The van der Waals surface area contributed by atoms with Crippen LogP contribution in [-0.2, 0) is 19.2 Å². The number of aliphatic hydroxyl groups excluding tert-OH is 1. The van der Waals surface area contributed by atoms with Gasteiger partial charge in [0, 0.05) is 6.54 Å². The third kappa shape index (κ3) is 12.9. The maximum Gasteiger partial charge on any atom is 0.326 e. The number of unbranched alkanes of at least 4 members (excludes halogenated alkanes) is 1. The number of aliphatic imine (C=N–C) groups is 1. The number of carboxylic acid groups (broad SMARTS) is 1. The van der Waals surface area contributed by atoms with Gasteiger partial charge in [-0.2, -0.15) is 0 Å². The predicted octanol–water partition coefficient (Wildman–Crippen LogP) is -2.93. The minimum absolute atomic E-state index is 0.113. The highest BCUT2D eigenvalue weighted by Crippen LogP contribution is 2.06. The van der Waals surface area contributed by atoms with Crippen LogP contribution in [0.25, 0.3) is 0 Å². The largest absolute Gasteiger partial charge is 0.480 e. The number of guanidine groups is 1. The van der Waals surface area contributed by atoms with Gasteiger partial charge in [0.2, 0.25) is 17.7 Å². The molecule has 0 heterocycles. The van der Waals surface area contributed by atoms with E-state index in [0.29, 0.717) is 32.2 Å². The molecular weight excluding hydrogens is 460 g/mol. The Morgan fingerprint density at radius 2 is 1.46 bits per heavy atom. The second kappa shape index (κ2) is 16.6. The van der Waals surface area contributed by atoms with Gasteiger partial charge in [-0.05, 0) is 45.1 Å². The number of aliphatic hydroxyl groups is 1. The Labute approximate surface area is 205 Å². The summed E-state index contributed by atoms with van der Waals surface area (Å²) in [5.41, 5.74) is 22.0. The van der Waals surface area contributed by atoms with Crippen molar-refractivity contribution in [1.29, 1.82) is 0 Å². The lowest BCUT2D eigenvalue weighted by atomic mass is 10.0. The van der Waals surface area contributed by atoms with Crippen LogP contribution < -0.4 is 38.9 Å². The predicted molar refractivity (Wildman–Crippen MR) is 131 cm³/mol. The van der Waals surface area contributed by atoms with Gasteiger partial charge < -0.3 is 49.1 Å². The Kier molecular flexibility index (Phi) is 15.2. The molecule has 0 aliphatic heterocycles. The highest BCUT2D eigenvalue weighted by molar-refractivity contribution is 5.94. The zero-order valence-electron chi connectivity index (χ0n) is 20.7. The number of amides is 3. The summed E-state index contributed by atoms with van der Waals surface area (Å²) in [4.78, 5) is 53.4. The van der Waals surface area contributed by atoms with Crippen LogP contribution in [0, 0.1) is 5.92 Å². The Bertz CT molecular complexity index is 727. The minimum Gasteiger partial charge on any atom is -0.480 e. The van der Waals surface area contributed by atoms with Crippen LogP contribution in [0.2, 0.25) is 0 Å². The molecule has 14 nitrogen and oxygen atoms in total. The summed E-state index contributed by atoms with van der Waals surface area (Å²) in [6, 6.07) is -4.65. The molecular formula is C21H42N8O6. The summed E-state index contributed by atoms with van der Waals surface area (Å²) in [7, 11) is 0. The molecule has 5 unspecified atom stereocenters. The molecule has 0 aromatic heterocycles. The van der Waals surface area contributed by atoms with E-state index >= 15 is 0 Å². The maximum absolute atomic E-state index is 13.0. The van der Waals surface area contributed by atoms with Gasteiger partial charge in [0.25, 0.3) is 0 Å². The standard InChI is InChI=1S/C21H42N8O6/c1-11(2)15(20(34)35)28-19(33)16(12(3)30)29-18(32)14(8-6-10-26-21(24)25)27-17(31)13(23)7-4-5-9-22/h11-16,30H,4-10,22-23H2,1-3H3,(H,27,31)(H,28,33)(H,29,32)(H,34,35)(H4,24,25,26). The summed E-state index contributed by atoms with van der Waals surface area (Å²) >= 11 is 0. The Morgan fingerprint density at radius 3 is 1.94 bits per heavy atom. The summed E-state index contributed by atoms with van der Waals surface area (Å²) in [6.07, 6.45) is 0.785. The van der Waals surface area contributed by atoms with E-state index in [2.05, 4.69) is 20.9 Å². The van der Waals surface area contributed by atoms with Crippen molar-refractivity contribution in [3.8, 4) is 0 Å². The first-order valence-corrected chi connectivity index (χ1v) is 11.6. The molecule has 0 saturated heterocycles. The van der Waals surface area contributed by atoms with Crippen molar-refractivity contribution in [2.75, 3.05) is 13.1 Å². The normalized spacial score (nSPS) is 15.3. The third-order valence-electron chi connectivity index (χ3n) is 5.18. The van der Waals surface area contributed by atoms with Crippen molar-refractivity contribution in [1.82, 2.24) is 16.0 Å². The molecule has 0 bridgehead atoms. The lowest BCUT2D eigenvalue weighted by Gasteiger charge is -2.27. The van der Waals surface area contributed by atoms with Crippen molar-refractivity contribution in [2.24, 2.45) is 33.8 Å². The number of nitrogens with one attached hydrogen (secondary N) is 3. The molecule has 0 fully saturated rings. The van der Waals surface area contributed by atoms with Crippen molar-refractivity contribution in [2.45, 2.75) is 83.1 Å². The number of nitrogens with two attached hydrogens (primary N) is 4. The van der Waals surface area contributed by atoms with E-state index in [9.17, 15) is 29.4 Å². The Hall–Kier alpha value is -2.97. The number of carboxylic acids is 1. The van der Waals surface area contributed by atoms with Crippen LogP contribution in [0.15, 0.2) is 4.99 Å². The molecule has 0 radical (unpaired) electrons. The van der Waals surface area contributed by atoms with Crippen molar-refractivity contribution in [3.63, 3.8) is 0 Å². The van der Waals surface area contributed by atoms with Crippen LogP contribution in [-0.4, -0.2) is 83.2 Å². The fourth-order valence-corrected chi connectivity index (χ4v) is 3.11. The van der Waals surface area contributed by atoms with Gasteiger partial charge in [-0.25, -0.2) is 4.79 Å². The molecule has 35 heavy (non-hydrogen) atoms. The molecule has 14 heteroatoms. The first kappa shape index (κ1) is 32.0. The monoisotopic (exact) mass is 502 g/mol. The van der Waals surface area contributed by atoms with E-state index in [1.807, 2.05) is 0 Å². The van der Waals surface area contributed by atoms with Gasteiger partial charge in [-0.15, -0.1) is 0 Å². The first-order chi connectivity index (χ1) is 16.3. The average molecular weight is 503 g/mol. The lowest BCUT2D eigenvalue weighted by Crippen LogP contribution is -2.60. The number of hydrogen-bond acceptors (Lipinski definition) is 8. The smallest absolute Gasteiger partial charge is 0.326 e. The van der Waals surface area contributed by atoms with Crippen LogP contribution in [0.3, 0.4) is 0 Å². The number of nitrogens with zero attached hydrogens (tertiary/aromatic N) is 1. The molecule has 5 atom stereocenters. The molecule has 13 N–H and O–H groups in total. The summed E-state index contributed by atoms with van der Waals surface area (Å²) in [5, 5.41) is 26.7. The molecule has 0 aliphatic carbocycles. The molecule has 0 aromatic rings. The number of aliphatic carboxylic acids is 1. The zero-order chi connectivity index (χ0) is 27.1. The second-order valence-corrected chi connectivity index (χ2v) is 8.70. The number of carbonyl (C=O) groups excluding carboxylic acids is 3. The van der Waals surface area contributed by atoms with Gasteiger partial charge in [0.15, 0.2) is 5.96 Å². The fourth-order valence-electron chi connectivity index (χ4n) is 3.11. The molecule has 3 amide bonds. The van der Waals surface area contributed by atoms with Crippen molar-refractivity contribution >= 4 is 29.7 Å². The van der Waals surface area contributed by atoms with Crippen molar-refractivity contribution in [3.05, 3.63) is 0 Å². The molecule has 0 saturated carbocycles. The molecule has 0 aromatic carbocycles. The Morgan fingerprint density at radius 1 is 0.857 bits per heavy atom. The van der Waals surface area contributed by atoms with E-state index in [1.165, 1.54) is 6.92 Å². The van der Waals surface area contributed by atoms with Crippen LogP contribution in [0.5, 0.6) is 0 Å². The third-order valence-corrected chi connectivity index (χ3v) is 5.18. The molecule has 0 rings (SSSR count). The van der Waals surface area contributed by atoms with Gasteiger partial charge in [-0.3, -0.25) is 19.4 Å². The number of hydrogen-bond donors (Lipinski definition) is 9. The van der Waals surface area contributed by atoms with E-state index in [1.54, 1.807) is 13.8 Å². The summed E-state index contributed by atoms with van der Waals surface area (Å²) in [6.45, 7) is 5.14.